The highest BCUT2D eigenvalue weighted by molar-refractivity contribution is 4.99. The summed E-state index contributed by atoms with van der Waals surface area (Å²) in [4.78, 5) is 2.67. The van der Waals surface area contributed by atoms with Gasteiger partial charge in [0.05, 0.1) is 6.61 Å². The Kier molecular flexibility index (Phi) is 3.81. The average molecular weight is 240 g/mol. The maximum absolute atomic E-state index is 5.50. The van der Waals surface area contributed by atoms with Crippen LogP contribution in [-0.2, 0) is 4.74 Å². The predicted octanol–water partition coefficient (Wildman–Crippen LogP) is 1.88. The van der Waals surface area contributed by atoms with Gasteiger partial charge < -0.3 is 10.1 Å². The van der Waals surface area contributed by atoms with Gasteiger partial charge in [0, 0.05) is 37.3 Å². The van der Waals surface area contributed by atoms with Gasteiger partial charge in [-0.05, 0) is 39.5 Å². The summed E-state index contributed by atoms with van der Waals surface area (Å²) in [5.41, 5.74) is 0.562. The van der Waals surface area contributed by atoms with E-state index in [1.165, 1.54) is 19.4 Å². The molecule has 0 aromatic heterocycles. The molecule has 17 heavy (non-hydrogen) atoms. The molecule has 0 aromatic rings. The molecule has 2 unspecified atom stereocenters. The van der Waals surface area contributed by atoms with Gasteiger partial charge in [-0.3, -0.25) is 4.90 Å². The molecule has 2 aliphatic rings. The molecule has 100 valence electrons. The molecule has 2 rings (SSSR count). The average Bonchev–Trinajstić information content (AvgIpc) is 2.77. The second-order valence-corrected chi connectivity index (χ2v) is 6.69. The number of nitrogens with one attached hydrogen (secondary N) is 1. The van der Waals surface area contributed by atoms with E-state index in [2.05, 4.69) is 37.9 Å². The smallest absolute Gasteiger partial charge is 0.0507 e. The summed E-state index contributed by atoms with van der Waals surface area (Å²) in [6, 6.07) is 0. The summed E-state index contributed by atoms with van der Waals surface area (Å²) in [5.74, 6) is 0.744. The van der Waals surface area contributed by atoms with E-state index in [0.717, 1.165) is 32.2 Å². The van der Waals surface area contributed by atoms with Crippen molar-refractivity contribution in [2.45, 2.75) is 51.6 Å². The second-order valence-electron chi connectivity index (χ2n) is 6.69. The Labute approximate surface area is 106 Å². The molecule has 1 N–H and O–H groups in total. The highest BCUT2D eigenvalue weighted by Gasteiger charge is 2.40. The molecule has 2 heterocycles. The molecule has 2 atom stereocenters. The lowest BCUT2D eigenvalue weighted by molar-refractivity contribution is 0.0175. The molecular formula is C14H28N2O. The molecular weight excluding hydrogens is 212 g/mol. The Balaban J connectivity index is 1.99. The number of hydrogen-bond acceptors (Lipinski definition) is 3. The Morgan fingerprint density at radius 2 is 2.12 bits per heavy atom. The van der Waals surface area contributed by atoms with Crippen molar-refractivity contribution < 1.29 is 4.74 Å². The summed E-state index contributed by atoms with van der Waals surface area (Å²) < 4.78 is 5.50. The Morgan fingerprint density at radius 3 is 2.71 bits per heavy atom. The van der Waals surface area contributed by atoms with Crippen LogP contribution in [0.1, 0.15) is 40.5 Å². The lowest BCUT2D eigenvalue weighted by Gasteiger charge is -2.51. The monoisotopic (exact) mass is 240 g/mol. The maximum atomic E-state index is 5.50. The van der Waals surface area contributed by atoms with E-state index < -0.39 is 0 Å². The summed E-state index contributed by atoms with van der Waals surface area (Å²) >= 11 is 0. The van der Waals surface area contributed by atoms with Crippen LogP contribution >= 0.6 is 0 Å². The zero-order valence-electron chi connectivity index (χ0n) is 11.9. The SMILES string of the molecule is CCC1(C)CN(CC2CCOC2)C(C)(C)CN1. The largest absolute Gasteiger partial charge is 0.381 e. The third-order valence-corrected chi connectivity index (χ3v) is 4.63. The zero-order valence-corrected chi connectivity index (χ0v) is 11.9. The number of piperazine rings is 1. The van der Waals surface area contributed by atoms with Crippen molar-refractivity contribution in [3.05, 3.63) is 0 Å². The normalized spacial score (nSPS) is 38.5. The van der Waals surface area contributed by atoms with Crippen LogP contribution in [0, 0.1) is 5.92 Å². The van der Waals surface area contributed by atoms with Crippen molar-refractivity contribution in [2.24, 2.45) is 5.92 Å². The molecule has 0 amide bonds. The standard InChI is InChI=1S/C14H28N2O/c1-5-14(4)11-16(13(2,3)10-15-14)8-12-6-7-17-9-12/h12,15H,5-11H2,1-4H3. The minimum atomic E-state index is 0.275. The minimum Gasteiger partial charge on any atom is -0.381 e. The van der Waals surface area contributed by atoms with Crippen LogP contribution < -0.4 is 5.32 Å². The van der Waals surface area contributed by atoms with Gasteiger partial charge in [0.2, 0.25) is 0 Å². The first-order valence-electron chi connectivity index (χ1n) is 7.03. The Hall–Kier alpha value is -0.120. The first-order chi connectivity index (χ1) is 7.95. The first kappa shape index (κ1) is 13.3. The van der Waals surface area contributed by atoms with Gasteiger partial charge in [-0.25, -0.2) is 0 Å². The fraction of sp³-hybridized carbons (Fsp3) is 1.00. The minimum absolute atomic E-state index is 0.275. The second kappa shape index (κ2) is 4.87. The van der Waals surface area contributed by atoms with Crippen molar-refractivity contribution >= 4 is 0 Å². The van der Waals surface area contributed by atoms with Gasteiger partial charge in [-0.2, -0.15) is 0 Å². The summed E-state index contributed by atoms with van der Waals surface area (Å²) in [5, 5.41) is 3.72. The van der Waals surface area contributed by atoms with Crippen LogP contribution in [0.4, 0.5) is 0 Å². The van der Waals surface area contributed by atoms with Crippen LogP contribution in [-0.4, -0.2) is 48.8 Å². The van der Waals surface area contributed by atoms with E-state index in [-0.39, 0.29) is 11.1 Å². The molecule has 2 aliphatic heterocycles. The van der Waals surface area contributed by atoms with Crippen molar-refractivity contribution in [2.75, 3.05) is 32.8 Å². The summed E-state index contributed by atoms with van der Waals surface area (Å²) in [6.07, 6.45) is 2.43. The lowest BCUT2D eigenvalue weighted by Crippen LogP contribution is -2.67. The van der Waals surface area contributed by atoms with Gasteiger partial charge in [0.15, 0.2) is 0 Å². The fourth-order valence-corrected chi connectivity index (χ4v) is 2.82. The number of nitrogens with zero attached hydrogens (tertiary/aromatic N) is 1. The molecule has 0 saturated carbocycles. The maximum Gasteiger partial charge on any atom is 0.0507 e. The van der Waals surface area contributed by atoms with Gasteiger partial charge in [0.25, 0.3) is 0 Å². The van der Waals surface area contributed by atoms with Crippen molar-refractivity contribution in [3.8, 4) is 0 Å². The molecule has 2 saturated heterocycles. The highest BCUT2D eigenvalue weighted by Crippen LogP contribution is 2.27. The third-order valence-electron chi connectivity index (χ3n) is 4.63. The van der Waals surface area contributed by atoms with Crippen molar-refractivity contribution in [1.29, 1.82) is 0 Å². The molecule has 0 spiro atoms. The Bertz CT molecular complexity index is 261. The van der Waals surface area contributed by atoms with Gasteiger partial charge in [-0.15, -0.1) is 0 Å². The Morgan fingerprint density at radius 1 is 1.35 bits per heavy atom. The van der Waals surface area contributed by atoms with Gasteiger partial charge >= 0.3 is 0 Å². The molecule has 0 radical (unpaired) electrons. The molecule has 3 heteroatoms. The van der Waals surface area contributed by atoms with E-state index >= 15 is 0 Å². The van der Waals surface area contributed by atoms with Crippen LogP contribution in [0.15, 0.2) is 0 Å². The van der Waals surface area contributed by atoms with E-state index in [4.69, 9.17) is 4.74 Å². The topological polar surface area (TPSA) is 24.5 Å². The fourth-order valence-electron chi connectivity index (χ4n) is 2.82. The summed E-state index contributed by atoms with van der Waals surface area (Å²) in [7, 11) is 0. The lowest BCUT2D eigenvalue weighted by atomic mass is 9.87. The quantitative estimate of drug-likeness (QED) is 0.815. The third kappa shape index (κ3) is 3.01. The van der Waals surface area contributed by atoms with Crippen LogP contribution in [0.25, 0.3) is 0 Å². The highest BCUT2D eigenvalue weighted by atomic mass is 16.5. The van der Waals surface area contributed by atoms with E-state index in [1.54, 1.807) is 0 Å². The van der Waals surface area contributed by atoms with Gasteiger partial charge in [-0.1, -0.05) is 6.92 Å². The van der Waals surface area contributed by atoms with Gasteiger partial charge in [0.1, 0.15) is 0 Å². The van der Waals surface area contributed by atoms with Crippen LogP contribution in [0.3, 0.4) is 0 Å². The first-order valence-corrected chi connectivity index (χ1v) is 7.03. The zero-order chi connectivity index (χ0) is 12.5. The van der Waals surface area contributed by atoms with E-state index in [0.29, 0.717) is 0 Å². The molecule has 0 bridgehead atoms. The molecule has 3 nitrogen and oxygen atoms in total. The number of hydrogen-bond donors (Lipinski definition) is 1. The van der Waals surface area contributed by atoms with E-state index in [1.807, 2.05) is 0 Å². The number of rotatable bonds is 3. The summed E-state index contributed by atoms with van der Waals surface area (Å²) in [6.45, 7) is 14.7. The molecule has 0 aliphatic carbocycles. The van der Waals surface area contributed by atoms with Crippen LogP contribution in [0.5, 0.6) is 0 Å². The molecule has 2 fully saturated rings. The number of ether oxygens (including phenoxy) is 1. The van der Waals surface area contributed by atoms with Crippen molar-refractivity contribution in [3.63, 3.8) is 0 Å². The molecule has 0 aromatic carbocycles. The van der Waals surface area contributed by atoms with Crippen LogP contribution in [0.2, 0.25) is 0 Å². The van der Waals surface area contributed by atoms with Crippen molar-refractivity contribution in [1.82, 2.24) is 10.2 Å². The predicted molar refractivity (Wildman–Crippen MR) is 71.3 cm³/mol. The van der Waals surface area contributed by atoms with E-state index in [9.17, 15) is 0 Å².